The molecule has 0 radical (unpaired) electrons. The molecule has 1 nitrogen and oxygen atoms in total. The van der Waals surface area contributed by atoms with Crippen LogP contribution in [0.1, 0.15) is 82.3 Å². The molecule has 1 aliphatic rings. The van der Waals surface area contributed by atoms with Gasteiger partial charge in [0.05, 0.1) is 12.7 Å². The first-order valence-electron chi connectivity index (χ1n) is 14.1. The first kappa shape index (κ1) is 28.2. The highest BCUT2D eigenvalue weighted by molar-refractivity contribution is 5.71. The molecule has 3 aromatic rings. The van der Waals surface area contributed by atoms with Crippen LogP contribution in [0.15, 0.2) is 66.7 Å². The van der Waals surface area contributed by atoms with Gasteiger partial charge in [0.25, 0.3) is 0 Å². The average Bonchev–Trinajstić information content (AvgIpc) is 2.94. The summed E-state index contributed by atoms with van der Waals surface area (Å²) in [6, 6.07) is 15.7. The minimum Gasteiger partial charge on any atom is -0.378 e. The van der Waals surface area contributed by atoms with Gasteiger partial charge in [-0.1, -0.05) is 86.9 Å². The van der Waals surface area contributed by atoms with Crippen LogP contribution in [0.25, 0.3) is 22.3 Å². The second-order valence-corrected chi connectivity index (χ2v) is 10.4. The molecule has 0 bridgehead atoms. The zero-order chi connectivity index (χ0) is 26.9. The molecule has 4 rings (SSSR count). The summed E-state index contributed by atoms with van der Waals surface area (Å²) in [6.45, 7) is 4.77. The number of ether oxygens (including phenoxy) is 1. The molecule has 0 amide bonds. The summed E-state index contributed by atoms with van der Waals surface area (Å²) in [5.74, 6) is -1.66. The van der Waals surface area contributed by atoms with Gasteiger partial charge in [-0.3, -0.25) is 0 Å². The number of benzene rings is 3. The lowest BCUT2D eigenvalue weighted by atomic mass is 9.89. The number of allylic oxidation sites excluding steroid dienone is 2. The van der Waals surface area contributed by atoms with E-state index in [1.165, 1.54) is 0 Å². The molecule has 1 fully saturated rings. The number of halogens is 3. The Hall–Kier alpha value is -2.85. The summed E-state index contributed by atoms with van der Waals surface area (Å²) in [6.07, 6.45) is 13.2. The molecule has 4 heteroatoms. The molecule has 1 saturated heterocycles. The molecular formula is C34H39F3O. The predicted molar refractivity (Wildman–Crippen MR) is 151 cm³/mol. The minimum absolute atomic E-state index is 0.200. The van der Waals surface area contributed by atoms with E-state index in [0.29, 0.717) is 35.3 Å². The van der Waals surface area contributed by atoms with Crippen LogP contribution < -0.4 is 0 Å². The average molecular weight is 521 g/mol. The summed E-state index contributed by atoms with van der Waals surface area (Å²) in [7, 11) is 0. The fraction of sp³-hybridized carbons (Fsp3) is 0.412. The first-order valence-corrected chi connectivity index (χ1v) is 14.1. The van der Waals surface area contributed by atoms with Gasteiger partial charge in [-0.2, -0.15) is 0 Å². The quantitative estimate of drug-likeness (QED) is 0.180. The van der Waals surface area contributed by atoms with E-state index in [4.69, 9.17) is 4.74 Å². The molecular weight excluding hydrogens is 481 g/mol. The molecule has 0 spiro atoms. The zero-order valence-corrected chi connectivity index (χ0v) is 22.6. The Balaban J connectivity index is 1.42. The van der Waals surface area contributed by atoms with E-state index in [0.717, 1.165) is 56.9 Å². The second kappa shape index (κ2) is 13.8. The molecule has 1 heterocycles. The Kier molecular flexibility index (Phi) is 10.2. The Morgan fingerprint density at radius 1 is 0.842 bits per heavy atom. The standard InChI is InChI=1S/C34H39F3O/c1-3-5-7-9-10-26-17-21-31(34(37)33(26)36)25-14-12-24(13-15-25)30-20-18-27(22-32(30)35)28-16-19-29(38-23-28)11-8-6-4-2/h4,6,12-15,17-18,20-22,28-29H,3,5,7-11,16,19,23H2,1-2H3/b6-4+. The van der Waals surface area contributed by atoms with Gasteiger partial charge in [-0.15, -0.1) is 0 Å². The van der Waals surface area contributed by atoms with Crippen LogP contribution in [-0.2, 0) is 11.2 Å². The highest BCUT2D eigenvalue weighted by Gasteiger charge is 2.23. The molecule has 0 aromatic heterocycles. The van der Waals surface area contributed by atoms with Crippen molar-refractivity contribution < 1.29 is 17.9 Å². The van der Waals surface area contributed by atoms with E-state index in [2.05, 4.69) is 19.1 Å². The maximum absolute atomic E-state index is 15.2. The zero-order valence-electron chi connectivity index (χ0n) is 22.6. The minimum atomic E-state index is -0.819. The van der Waals surface area contributed by atoms with E-state index in [-0.39, 0.29) is 23.4 Å². The molecule has 202 valence electrons. The van der Waals surface area contributed by atoms with Crippen LogP contribution in [0.3, 0.4) is 0 Å². The summed E-state index contributed by atoms with van der Waals surface area (Å²) < 4.78 is 50.8. The fourth-order valence-corrected chi connectivity index (χ4v) is 5.34. The Morgan fingerprint density at radius 2 is 1.58 bits per heavy atom. The lowest BCUT2D eigenvalue weighted by molar-refractivity contribution is -0.000225. The van der Waals surface area contributed by atoms with E-state index in [9.17, 15) is 8.78 Å². The van der Waals surface area contributed by atoms with Crippen molar-refractivity contribution in [1.29, 1.82) is 0 Å². The van der Waals surface area contributed by atoms with Gasteiger partial charge in [0.1, 0.15) is 5.82 Å². The largest absolute Gasteiger partial charge is 0.378 e. The monoisotopic (exact) mass is 520 g/mol. The topological polar surface area (TPSA) is 9.23 Å². The van der Waals surface area contributed by atoms with Crippen molar-refractivity contribution in [2.45, 2.75) is 83.7 Å². The summed E-state index contributed by atoms with van der Waals surface area (Å²) in [5.41, 5.74) is 3.38. The SMILES string of the molecule is C/C=C/CCC1CCC(c2ccc(-c3ccc(-c4ccc(CCCCCC)c(F)c4F)cc3)c(F)c2)CO1. The van der Waals surface area contributed by atoms with Crippen molar-refractivity contribution in [3.8, 4) is 22.3 Å². The fourth-order valence-electron chi connectivity index (χ4n) is 5.34. The normalized spacial score (nSPS) is 17.8. The molecule has 1 aliphatic heterocycles. The van der Waals surface area contributed by atoms with Gasteiger partial charge in [-0.05, 0) is 73.8 Å². The lowest BCUT2D eigenvalue weighted by Gasteiger charge is -2.29. The summed E-state index contributed by atoms with van der Waals surface area (Å²) >= 11 is 0. The number of aryl methyl sites for hydroxylation is 1. The van der Waals surface area contributed by atoms with Crippen molar-refractivity contribution in [2.75, 3.05) is 6.61 Å². The molecule has 0 saturated carbocycles. The third-order valence-electron chi connectivity index (χ3n) is 7.69. The van der Waals surface area contributed by atoms with Crippen LogP contribution in [0.4, 0.5) is 13.2 Å². The highest BCUT2D eigenvalue weighted by Crippen LogP contribution is 2.34. The third kappa shape index (κ3) is 6.96. The second-order valence-electron chi connectivity index (χ2n) is 10.4. The molecule has 2 atom stereocenters. The van der Waals surface area contributed by atoms with Crippen molar-refractivity contribution >= 4 is 0 Å². The first-order chi connectivity index (χ1) is 18.5. The summed E-state index contributed by atoms with van der Waals surface area (Å²) in [5, 5.41) is 0. The van der Waals surface area contributed by atoms with Gasteiger partial charge in [0, 0.05) is 17.0 Å². The Labute approximate surface area is 225 Å². The van der Waals surface area contributed by atoms with Gasteiger partial charge in [0.2, 0.25) is 0 Å². The van der Waals surface area contributed by atoms with E-state index in [1.54, 1.807) is 42.5 Å². The van der Waals surface area contributed by atoms with Gasteiger partial charge < -0.3 is 4.74 Å². The van der Waals surface area contributed by atoms with Crippen molar-refractivity contribution in [3.05, 3.63) is 95.3 Å². The van der Waals surface area contributed by atoms with E-state index < -0.39 is 11.6 Å². The number of hydrogen-bond donors (Lipinski definition) is 0. The van der Waals surface area contributed by atoms with Crippen LogP contribution in [-0.4, -0.2) is 12.7 Å². The maximum Gasteiger partial charge on any atom is 0.166 e. The van der Waals surface area contributed by atoms with Gasteiger partial charge in [-0.25, -0.2) is 13.2 Å². The van der Waals surface area contributed by atoms with Crippen LogP contribution in [0, 0.1) is 17.5 Å². The Morgan fingerprint density at radius 3 is 2.24 bits per heavy atom. The van der Waals surface area contributed by atoms with Crippen LogP contribution >= 0.6 is 0 Å². The van der Waals surface area contributed by atoms with Gasteiger partial charge in [0.15, 0.2) is 11.6 Å². The number of rotatable bonds is 11. The predicted octanol–water partition coefficient (Wildman–Crippen LogP) is 10.2. The van der Waals surface area contributed by atoms with Gasteiger partial charge >= 0.3 is 0 Å². The molecule has 38 heavy (non-hydrogen) atoms. The highest BCUT2D eigenvalue weighted by atomic mass is 19.2. The van der Waals surface area contributed by atoms with E-state index >= 15 is 4.39 Å². The summed E-state index contributed by atoms with van der Waals surface area (Å²) in [4.78, 5) is 0. The van der Waals surface area contributed by atoms with Crippen molar-refractivity contribution in [1.82, 2.24) is 0 Å². The Bertz CT molecular complexity index is 1210. The molecule has 0 aliphatic carbocycles. The van der Waals surface area contributed by atoms with Crippen molar-refractivity contribution in [3.63, 3.8) is 0 Å². The number of hydrogen-bond acceptors (Lipinski definition) is 1. The lowest BCUT2D eigenvalue weighted by Crippen LogP contribution is -2.24. The van der Waals surface area contributed by atoms with E-state index in [1.807, 2.05) is 19.1 Å². The number of unbranched alkanes of at least 4 members (excludes halogenated alkanes) is 3. The molecule has 0 N–H and O–H groups in total. The molecule has 2 unspecified atom stereocenters. The van der Waals surface area contributed by atoms with Crippen molar-refractivity contribution in [2.24, 2.45) is 0 Å². The molecule has 3 aromatic carbocycles. The maximum atomic E-state index is 15.2. The third-order valence-corrected chi connectivity index (χ3v) is 7.69. The van der Waals surface area contributed by atoms with Crippen LogP contribution in [0.5, 0.6) is 0 Å². The van der Waals surface area contributed by atoms with Crippen LogP contribution in [0.2, 0.25) is 0 Å². The smallest absolute Gasteiger partial charge is 0.166 e.